The van der Waals surface area contributed by atoms with Crippen LogP contribution in [0.4, 0.5) is 0 Å². The minimum absolute atomic E-state index is 0.0973. The fourth-order valence-electron chi connectivity index (χ4n) is 3.77. The number of nitrogens with zero attached hydrogens (tertiary/aromatic N) is 2. The van der Waals surface area contributed by atoms with Crippen molar-refractivity contribution in [1.29, 1.82) is 0 Å². The van der Waals surface area contributed by atoms with Gasteiger partial charge in [-0.15, -0.1) is 0 Å². The first-order chi connectivity index (χ1) is 15.1. The summed E-state index contributed by atoms with van der Waals surface area (Å²) in [6, 6.07) is 17.3. The molecule has 4 rings (SSSR count). The quantitative estimate of drug-likeness (QED) is 0.560. The number of halogens is 1. The number of aliphatic hydroxyl groups is 1. The van der Waals surface area contributed by atoms with Crippen molar-refractivity contribution in [3.63, 3.8) is 0 Å². The fraction of sp³-hybridized carbons (Fsp3) is 0.385. The third-order valence-electron chi connectivity index (χ3n) is 5.84. The first-order valence-electron chi connectivity index (χ1n) is 10.9. The number of aryl methyl sites for hydroxylation is 1. The van der Waals surface area contributed by atoms with Crippen LogP contribution in [0.1, 0.15) is 49.7 Å². The van der Waals surface area contributed by atoms with Gasteiger partial charge in [-0.2, -0.15) is 5.10 Å². The Kier molecular flexibility index (Phi) is 6.26. The first-order valence-corrected chi connectivity index (χ1v) is 11.3. The van der Waals surface area contributed by atoms with Gasteiger partial charge in [-0.05, 0) is 41.8 Å². The van der Waals surface area contributed by atoms with Crippen molar-refractivity contribution in [3.8, 4) is 5.69 Å². The summed E-state index contributed by atoms with van der Waals surface area (Å²) in [6.07, 6.45) is 1.39. The Hall–Kier alpha value is -2.47. The molecule has 6 heteroatoms. The minimum atomic E-state index is -0.883. The highest BCUT2D eigenvalue weighted by Crippen LogP contribution is 2.29. The van der Waals surface area contributed by atoms with Crippen molar-refractivity contribution in [2.75, 3.05) is 13.2 Å². The molecule has 0 atom stereocenters. The number of rotatable bonds is 7. The summed E-state index contributed by atoms with van der Waals surface area (Å²) in [4.78, 5) is 12.7. The average Bonchev–Trinajstić information content (AvgIpc) is 3.16. The van der Waals surface area contributed by atoms with Gasteiger partial charge in [-0.25, -0.2) is 4.68 Å². The lowest BCUT2D eigenvalue weighted by molar-refractivity contribution is -0.184. The SMILES string of the molecule is CC(C)(C)c1cc(CCC(=O)Cc2ccc(C3(O)COC3)cc2)n(-c2cccc(Cl)c2)n1. The predicted molar refractivity (Wildman–Crippen MR) is 125 cm³/mol. The van der Waals surface area contributed by atoms with E-state index in [-0.39, 0.29) is 11.2 Å². The molecule has 1 aliphatic heterocycles. The highest BCUT2D eigenvalue weighted by molar-refractivity contribution is 6.30. The van der Waals surface area contributed by atoms with Crippen molar-refractivity contribution >= 4 is 17.4 Å². The molecule has 1 N–H and O–H groups in total. The number of ether oxygens (including phenoxy) is 1. The average molecular weight is 453 g/mol. The number of hydrogen-bond acceptors (Lipinski definition) is 4. The monoisotopic (exact) mass is 452 g/mol. The molecule has 1 saturated heterocycles. The van der Waals surface area contributed by atoms with Crippen molar-refractivity contribution in [2.45, 2.75) is 51.0 Å². The summed E-state index contributed by atoms with van der Waals surface area (Å²) < 4.78 is 7.01. The van der Waals surface area contributed by atoms with Gasteiger partial charge < -0.3 is 9.84 Å². The van der Waals surface area contributed by atoms with E-state index >= 15 is 0 Å². The van der Waals surface area contributed by atoms with Crippen molar-refractivity contribution in [2.24, 2.45) is 0 Å². The Labute approximate surface area is 194 Å². The molecular formula is C26H29ClN2O3. The second-order valence-corrected chi connectivity index (χ2v) is 10.0. The van der Waals surface area contributed by atoms with Gasteiger partial charge in [0.05, 0.1) is 24.6 Å². The normalized spacial score (nSPS) is 15.4. The van der Waals surface area contributed by atoms with E-state index in [1.54, 1.807) is 0 Å². The number of aromatic nitrogens is 2. The maximum atomic E-state index is 12.7. The van der Waals surface area contributed by atoms with Crippen molar-refractivity contribution < 1.29 is 14.6 Å². The zero-order chi connectivity index (χ0) is 22.9. The summed E-state index contributed by atoms with van der Waals surface area (Å²) >= 11 is 6.20. The Balaban J connectivity index is 1.45. The molecule has 0 unspecified atom stereocenters. The van der Waals surface area contributed by atoms with Gasteiger partial charge in [0.15, 0.2) is 0 Å². The van der Waals surface area contributed by atoms with Gasteiger partial charge in [0.1, 0.15) is 11.4 Å². The first kappa shape index (κ1) is 22.7. The minimum Gasteiger partial charge on any atom is -0.380 e. The number of carbonyl (C=O) groups is 1. The van der Waals surface area contributed by atoms with E-state index in [1.807, 2.05) is 53.2 Å². The third kappa shape index (κ3) is 4.96. The molecule has 0 aliphatic carbocycles. The number of Topliss-reactive ketones (excluding diaryl/α,β-unsaturated/α-hetero) is 1. The Bertz CT molecular complexity index is 1110. The van der Waals surface area contributed by atoms with Crippen LogP contribution in [-0.2, 0) is 33.4 Å². The van der Waals surface area contributed by atoms with Crippen LogP contribution >= 0.6 is 11.6 Å². The molecule has 3 aromatic rings. The maximum absolute atomic E-state index is 12.7. The van der Waals surface area contributed by atoms with Crippen LogP contribution in [0.3, 0.4) is 0 Å². The molecule has 0 saturated carbocycles. The van der Waals surface area contributed by atoms with Crippen LogP contribution in [0, 0.1) is 0 Å². The topological polar surface area (TPSA) is 64.3 Å². The largest absolute Gasteiger partial charge is 0.380 e. The van der Waals surface area contributed by atoms with E-state index in [9.17, 15) is 9.90 Å². The highest BCUT2D eigenvalue weighted by Gasteiger charge is 2.37. The van der Waals surface area contributed by atoms with E-state index < -0.39 is 5.60 Å². The zero-order valence-electron chi connectivity index (χ0n) is 18.8. The van der Waals surface area contributed by atoms with Gasteiger partial charge in [-0.3, -0.25) is 4.79 Å². The van der Waals surface area contributed by atoms with Gasteiger partial charge in [0, 0.05) is 29.0 Å². The maximum Gasteiger partial charge on any atom is 0.137 e. The van der Waals surface area contributed by atoms with Gasteiger partial charge in [0.2, 0.25) is 0 Å². The zero-order valence-corrected chi connectivity index (χ0v) is 19.5. The standard InChI is InChI=1S/C26H29ClN2O3/c1-25(2,3)24-15-22(29(28-24)21-6-4-5-20(27)14-21)11-12-23(30)13-18-7-9-19(10-8-18)26(31)16-32-17-26/h4-10,14-15,31H,11-13,16-17H2,1-3H3. The molecular weight excluding hydrogens is 424 g/mol. The summed E-state index contributed by atoms with van der Waals surface area (Å²) in [5.74, 6) is 0.166. The van der Waals surface area contributed by atoms with Gasteiger partial charge in [0.25, 0.3) is 0 Å². The lowest BCUT2D eigenvalue weighted by Crippen LogP contribution is -2.46. The van der Waals surface area contributed by atoms with E-state index in [2.05, 4.69) is 26.8 Å². The molecule has 5 nitrogen and oxygen atoms in total. The lowest BCUT2D eigenvalue weighted by Gasteiger charge is -2.36. The van der Waals surface area contributed by atoms with Crippen LogP contribution in [0.5, 0.6) is 0 Å². The van der Waals surface area contributed by atoms with E-state index in [4.69, 9.17) is 21.4 Å². The predicted octanol–water partition coefficient (Wildman–Crippen LogP) is 4.79. The van der Waals surface area contributed by atoms with E-state index in [0.717, 1.165) is 28.2 Å². The highest BCUT2D eigenvalue weighted by atomic mass is 35.5. The number of ketones is 1. The Morgan fingerprint density at radius 3 is 2.47 bits per heavy atom. The molecule has 2 aromatic carbocycles. The Morgan fingerprint density at radius 1 is 1.16 bits per heavy atom. The van der Waals surface area contributed by atoms with E-state index in [0.29, 0.717) is 37.5 Å². The summed E-state index contributed by atoms with van der Waals surface area (Å²) in [6.45, 7) is 7.03. The molecule has 0 amide bonds. The van der Waals surface area contributed by atoms with Crippen LogP contribution in [0.15, 0.2) is 54.6 Å². The van der Waals surface area contributed by atoms with Gasteiger partial charge in [-0.1, -0.05) is 62.7 Å². The summed E-state index contributed by atoms with van der Waals surface area (Å²) in [7, 11) is 0. The molecule has 0 spiro atoms. The lowest BCUT2D eigenvalue weighted by atomic mass is 9.91. The second-order valence-electron chi connectivity index (χ2n) is 9.60. The molecule has 1 aromatic heterocycles. The molecule has 168 valence electrons. The van der Waals surface area contributed by atoms with Crippen molar-refractivity contribution in [3.05, 3.63) is 82.1 Å². The van der Waals surface area contributed by atoms with Crippen molar-refractivity contribution in [1.82, 2.24) is 9.78 Å². The summed E-state index contributed by atoms with van der Waals surface area (Å²) in [5.41, 5.74) is 3.67. The number of carbonyl (C=O) groups excluding carboxylic acids is 1. The van der Waals surface area contributed by atoms with E-state index in [1.165, 1.54) is 0 Å². The van der Waals surface area contributed by atoms with Crippen LogP contribution < -0.4 is 0 Å². The molecule has 32 heavy (non-hydrogen) atoms. The number of hydrogen-bond donors (Lipinski definition) is 1. The molecule has 1 aliphatic rings. The smallest absolute Gasteiger partial charge is 0.137 e. The Morgan fingerprint density at radius 2 is 1.88 bits per heavy atom. The second kappa shape index (κ2) is 8.81. The molecule has 0 radical (unpaired) electrons. The summed E-state index contributed by atoms with van der Waals surface area (Å²) in [5, 5.41) is 15.8. The number of benzene rings is 2. The van der Waals surface area contributed by atoms with Crippen LogP contribution in [0.2, 0.25) is 5.02 Å². The molecule has 0 bridgehead atoms. The third-order valence-corrected chi connectivity index (χ3v) is 6.07. The fourth-order valence-corrected chi connectivity index (χ4v) is 3.96. The van der Waals surface area contributed by atoms with Gasteiger partial charge >= 0.3 is 0 Å². The van der Waals surface area contributed by atoms with Crippen LogP contribution in [0.25, 0.3) is 5.69 Å². The molecule has 1 fully saturated rings. The molecule has 2 heterocycles. The van der Waals surface area contributed by atoms with Crippen LogP contribution in [-0.4, -0.2) is 33.9 Å².